The number of carbonyl (C=O) groups is 2. The number of nitrogens with zero attached hydrogens (tertiary/aromatic N) is 4. The van der Waals surface area contributed by atoms with E-state index < -0.39 is 0 Å². The number of amides is 2. The average Bonchev–Trinajstić information content (AvgIpc) is 2.73. The van der Waals surface area contributed by atoms with Crippen LogP contribution in [0.2, 0.25) is 0 Å². The van der Waals surface area contributed by atoms with E-state index in [4.69, 9.17) is 9.68 Å². The standard InChI is InChI=1S/C27H50N4O4/c1-22-16-23(17-25(2,3)30(22)34-8)28(20-32)14-12-10-11-13-15-29(21-33)24-18-26(4,5)31(35-9)27(6,7)19-24/h20-21,23-24H,1,10-19H2,2-9H3. The molecule has 1 unspecified atom stereocenters. The molecule has 0 aliphatic carbocycles. The third-order valence-corrected chi connectivity index (χ3v) is 7.77. The van der Waals surface area contributed by atoms with Gasteiger partial charge in [-0.25, -0.2) is 0 Å². The van der Waals surface area contributed by atoms with Crippen molar-refractivity contribution in [1.82, 2.24) is 19.9 Å². The molecule has 2 aliphatic rings. The molecule has 0 N–H and O–H groups in total. The summed E-state index contributed by atoms with van der Waals surface area (Å²) >= 11 is 0. The first kappa shape index (κ1) is 29.6. The van der Waals surface area contributed by atoms with Crippen molar-refractivity contribution in [3.05, 3.63) is 12.3 Å². The van der Waals surface area contributed by atoms with Crippen LogP contribution in [0.25, 0.3) is 0 Å². The summed E-state index contributed by atoms with van der Waals surface area (Å²) in [6.07, 6.45) is 9.39. The van der Waals surface area contributed by atoms with Gasteiger partial charge in [0, 0.05) is 48.4 Å². The van der Waals surface area contributed by atoms with Crippen molar-refractivity contribution in [2.24, 2.45) is 0 Å². The van der Waals surface area contributed by atoms with Crippen molar-refractivity contribution in [1.29, 1.82) is 0 Å². The number of hydrogen-bond acceptors (Lipinski definition) is 6. The molecule has 0 aromatic carbocycles. The highest BCUT2D eigenvalue weighted by molar-refractivity contribution is 5.48. The van der Waals surface area contributed by atoms with Gasteiger partial charge in [-0.2, -0.15) is 5.06 Å². The van der Waals surface area contributed by atoms with Gasteiger partial charge in [-0.1, -0.05) is 19.4 Å². The normalized spacial score (nSPS) is 24.3. The molecular weight excluding hydrogens is 444 g/mol. The zero-order valence-corrected chi connectivity index (χ0v) is 23.5. The maximum atomic E-state index is 11.9. The highest BCUT2D eigenvalue weighted by Gasteiger charge is 2.47. The molecule has 0 spiro atoms. The van der Waals surface area contributed by atoms with Gasteiger partial charge in [0.25, 0.3) is 0 Å². The van der Waals surface area contributed by atoms with E-state index in [0.717, 1.165) is 83.0 Å². The summed E-state index contributed by atoms with van der Waals surface area (Å²) in [5, 5.41) is 3.94. The van der Waals surface area contributed by atoms with Gasteiger partial charge in [0.15, 0.2) is 0 Å². The largest absolute Gasteiger partial charge is 0.342 e. The highest BCUT2D eigenvalue weighted by Crippen LogP contribution is 2.40. The van der Waals surface area contributed by atoms with Crippen molar-refractivity contribution >= 4 is 12.8 Å². The molecule has 0 saturated carbocycles. The number of unbranched alkanes of at least 4 members (excludes halogenated alkanes) is 3. The second-order valence-electron chi connectivity index (χ2n) is 12.2. The Morgan fingerprint density at radius 1 is 0.800 bits per heavy atom. The van der Waals surface area contributed by atoms with Gasteiger partial charge in [-0.05, 0) is 73.6 Å². The maximum absolute atomic E-state index is 11.9. The molecule has 0 bridgehead atoms. The summed E-state index contributed by atoms with van der Waals surface area (Å²) in [6, 6.07) is 0.362. The van der Waals surface area contributed by atoms with Crippen molar-refractivity contribution in [3.63, 3.8) is 0 Å². The van der Waals surface area contributed by atoms with Gasteiger partial charge < -0.3 is 14.6 Å². The lowest BCUT2D eigenvalue weighted by molar-refractivity contribution is -0.271. The molecule has 2 amide bonds. The van der Waals surface area contributed by atoms with E-state index in [2.05, 4.69) is 53.2 Å². The topological polar surface area (TPSA) is 65.6 Å². The minimum absolute atomic E-state index is 0.139. The van der Waals surface area contributed by atoms with Crippen LogP contribution in [0.5, 0.6) is 0 Å². The SMILES string of the molecule is C=C1CC(N(C=O)CCCCCCN(C=O)C2CC(C)(C)N(OC)C(C)(C)C2)CC(C)(C)N1OC. The van der Waals surface area contributed by atoms with Crippen LogP contribution in [-0.2, 0) is 19.3 Å². The van der Waals surface area contributed by atoms with E-state index in [0.29, 0.717) is 0 Å². The van der Waals surface area contributed by atoms with E-state index in [9.17, 15) is 9.59 Å². The van der Waals surface area contributed by atoms with Crippen LogP contribution in [0, 0.1) is 0 Å². The second kappa shape index (κ2) is 12.1. The quantitative estimate of drug-likeness (QED) is 0.280. The first-order valence-electron chi connectivity index (χ1n) is 13.1. The summed E-state index contributed by atoms with van der Waals surface area (Å²) < 4.78 is 0. The molecule has 8 nitrogen and oxygen atoms in total. The Kier molecular flexibility index (Phi) is 10.2. The number of hydrogen-bond donors (Lipinski definition) is 0. The Bertz CT molecular complexity index is 706. The van der Waals surface area contributed by atoms with Crippen molar-refractivity contribution in [3.8, 4) is 0 Å². The Hall–Kier alpha value is -1.64. The number of rotatable bonds is 13. The summed E-state index contributed by atoms with van der Waals surface area (Å²) in [7, 11) is 3.40. The number of piperidine rings is 2. The minimum atomic E-state index is -0.198. The van der Waals surface area contributed by atoms with E-state index in [1.807, 2.05) is 14.9 Å². The molecule has 0 radical (unpaired) electrons. The fraction of sp³-hybridized carbons (Fsp3) is 0.852. The molecular formula is C27H50N4O4. The summed E-state index contributed by atoms with van der Waals surface area (Å²) in [5.74, 6) is 0. The van der Waals surface area contributed by atoms with Gasteiger partial charge in [-0.3, -0.25) is 19.5 Å². The Morgan fingerprint density at radius 2 is 1.26 bits per heavy atom. The fourth-order valence-corrected chi connectivity index (χ4v) is 6.65. The zero-order valence-electron chi connectivity index (χ0n) is 23.5. The summed E-state index contributed by atoms with van der Waals surface area (Å²) in [5.41, 5.74) is 0.439. The summed E-state index contributed by atoms with van der Waals surface area (Å²) in [4.78, 5) is 38.9. The van der Waals surface area contributed by atoms with Crippen LogP contribution in [0.15, 0.2) is 12.3 Å². The molecule has 35 heavy (non-hydrogen) atoms. The first-order valence-corrected chi connectivity index (χ1v) is 13.1. The van der Waals surface area contributed by atoms with Crippen molar-refractivity contribution in [2.45, 2.75) is 122 Å². The smallest absolute Gasteiger partial charge is 0.209 e. The van der Waals surface area contributed by atoms with E-state index in [1.54, 1.807) is 14.2 Å². The van der Waals surface area contributed by atoms with E-state index >= 15 is 0 Å². The fourth-order valence-electron chi connectivity index (χ4n) is 6.65. The zero-order chi connectivity index (χ0) is 26.4. The summed E-state index contributed by atoms with van der Waals surface area (Å²) in [6.45, 7) is 18.7. The molecule has 8 heteroatoms. The van der Waals surface area contributed by atoms with Crippen LogP contribution < -0.4 is 0 Å². The molecule has 202 valence electrons. The van der Waals surface area contributed by atoms with Crippen molar-refractivity contribution in [2.75, 3.05) is 27.3 Å². The molecule has 0 aromatic rings. The van der Waals surface area contributed by atoms with Gasteiger partial charge >= 0.3 is 0 Å². The predicted octanol–water partition coefficient (Wildman–Crippen LogP) is 4.36. The van der Waals surface area contributed by atoms with E-state index in [-0.39, 0.29) is 28.7 Å². The maximum Gasteiger partial charge on any atom is 0.209 e. The van der Waals surface area contributed by atoms with Gasteiger partial charge in [0.05, 0.1) is 19.8 Å². The predicted molar refractivity (Wildman–Crippen MR) is 139 cm³/mol. The monoisotopic (exact) mass is 494 g/mol. The third-order valence-electron chi connectivity index (χ3n) is 7.77. The number of carbonyl (C=O) groups excluding carboxylic acids is 2. The third kappa shape index (κ3) is 7.20. The van der Waals surface area contributed by atoms with Crippen LogP contribution in [0.4, 0.5) is 0 Å². The van der Waals surface area contributed by atoms with Gasteiger partial charge in [0.2, 0.25) is 12.8 Å². The first-order chi connectivity index (χ1) is 16.3. The van der Waals surface area contributed by atoms with Gasteiger partial charge in [-0.15, -0.1) is 0 Å². The minimum Gasteiger partial charge on any atom is -0.342 e. The van der Waals surface area contributed by atoms with Crippen molar-refractivity contribution < 1.29 is 19.3 Å². The Labute approximate surface area is 213 Å². The molecule has 0 aromatic heterocycles. The molecule has 2 rings (SSSR count). The highest BCUT2D eigenvalue weighted by atomic mass is 16.7. The second-order valence-corrected chi connectivity index (χ2v) is 12.2. The van der Waals surface area contributed by atoms with Gasteiger partial charge in [0.1, 0.15) is 0 Å². The average molecular weight is 495 g/mol. The Morgan fingerprint density at radius 3 is 1.66 bits per heavy atom. The van der Waals surface area contributed by atoms with E-state index in [1.165, 1.54) is 0 Å². The van der Waals surface area contributed by atoms with Crippen LogP contribution in [0.3, 0.4) is 0 Å². The lowest BCUT2D eigenvalue weighted by Crippen LogP contribution is -2.63. The lowest BCUT2D eigenvalue weighted by atomic mass is 9.78. The molecule has 2 fully saturated rings. The Balaban J connectivity index is 1.78. The number of hydroxylamine groups is 4. The lowest BCUT2D eigenvalue weighted by Gasteiger charge is -2.54. The molecule has 2 aliphatic heterocycles. The van der Waals surface area contributed by atoms with Crippen LogP contribution >= 0.6 is 0 Å². The van der Waals surface area contributed by atoms with Crippen LogP contribution in [-0.4, -0.2) is 88.8 Å². The van der Waals surface area contributed by atoms with Crippen LogP contribution in [0.1, 0.15) is 92.9 Å². The molecule has 2 saturated heterocycles. The molecule has 1 atom stereocenters. The molecule has 2 heterocycles.